The lowest BCUT2D eigenvalue weighted by Gasteiger charge is -2.41. The summed E-state index contributed by atoms with van der Waals surface area (Å²) in [5.74, 6) is -0.297. The minimum absolute atomic E-state index is 0.0180. The fourth-order valence-corrected chi connectivity index (χ4v) is 3.58. The summed E-state index contributed by atoms with van der Waals surface area (Å²) in [6.07, 6.45) is 4.79. The van der Waals surface area contributed by atoms with E-state index in [1.165, 1.54) is 31.7 Å². The number of nitrogens with zero attached hydrogens (tertiary/aromatic N) is 1. The normalized spacial score (nSPS) is 20.7. The van der Waals surface area contributed by atoms with Crippen molar-refractivity contribution in [2.24, 2.45) is 11.1 Å². The van der Waals surface area contributed by atoms with Gasteiger partial charge in [-0.15, -0.1) is 0 Å². The summed E-state index contributed by atoms with van der Waals surface area (Å²) >= 11 is 5.98. The molecule has 1 aromatic rings. The molecule has 1 aliphatic carbocycles. The first-order chi connectivity index (χ1) is 9.82. The maximum absolute atomic E-state index is 13.6. The van der Waals surface area contributed by atoms with Crippen molar-refractivity contribution in [3.63, 3.8) is 0 Å². The summed E-state index contributed by atoms with van der Waals surface area (Å²) < 4.78 is 13.6. The number of hydrogen-bond acceptors (Lipinski definition) is 2. The second-order valence-corrected chi connectivity index (χ2v) is 7.45. The third-order valence-electron chi connectivity index (χ3n) is 4.87. The molecule has 2 N–H and O–H groups in total. The van der Waals surface area contributed by atoms with E-state index < -0.39 is 0 Å². The van der Waals surface area contributed by atoms with Crippen molar-refractivity contribution in [1.82, 2.24) is 4.90 Å². The van der Waals surface area contributed by atoms with Crippen LogP contribution in [-0.2, 0) is 0 Å². The fourth-order valence-electron chi connectivity index (χ4n) is 3.35. The van der Waals surface area contributed by atoms with E-state index >= 15 is 0 Å². The van der Waals surface area contributed by atoms with Gasteiger partial charge in [0.1, 0.15) is 5.82 Å². The van der Waals surface area contributed by atoms with Crippen molar-refractivity contribution in [2.45, 2.75) is 51.6 Å². The van der Waals surface area contributed by atoms with Gasteiger partial charge < -0.3 is 5.73 Å². The van der Waals surface area contributed by atoms with Crippen molar-refractivity contribution in [2.75, 3.05) is 13.6 Å². The van der Waals surface area contributed by atoms with Crippen LogP contribution >= 0.6 is 11.6 Å². The highest BCUT2D eigenvalue weighted by atomic mass is 35.5. The molecule has 0 heterocycles. The molecule has 0 aromatic heterocycles. The molecule has 1 aliphatic rings. The Morgan fingerprint density at radius 1 is 1.33 bits per heavy atom. The summed E-state index contributed by atoms with van der Waals surface area (Å²) in [6, 6.07) is 5.23. The van der Waals surface area contributed by atoms with Gasteiger partial charge in [-0.05, 0) is 61.9 Å². The zero-order chi connectivity index (χ0) is 15.6. The third-order valence-corrected chi connectivity index (χ3v) is 5.09. The van der Waals surface area contributed by atoms with E-state index in [9.17, 15) is 4.39 Å². The predicted octanol–water partition coefficient (Wildman–Crippen LogP) is 4.38. The molecule has 0 spiro atoms. The standard InChI is InChI=1S/C17H26ClFN2/c1-17(2)6-4-15(5-7-17)21(3)16(11-20)12-8-13(18)10-14(19)9-12/h8-10,15-16H,4-7,11,20H2,1-3H3. The van der Waals surface area contributed by atoms with E-state index in [1.54, 1.807) is 6.07 Å². The zero-order valence-electron chi connectivity index (χ0n) is 13.2. The first-order valence-electron chi connectivity index (χ1n) is 7.70. The van der Waals surface area contributed by atoms with Crippen LogP contribution in [0.3, 0.4) is 0 Å². The summed E-state index contributed by atoms with van der Waals surface area (Å²) in [5.41, 5.74) is 7.27. The number of halogens is 2. The van der Waals surface area contributed by atoms with Crippen molar-refractivity contribution >= 4 is 11.6 Å². The molecule has 0 radical (unpaired) electrons. The molecule has 21 heavy (non-hydrogen) atoms. The lowest BCUT2D eigenvalue weighted by Crippen LogP contribution is -2.41. The van der Waals surface area contributed by atoms with Crippen LogP contribution in [0.4, 0.5) is 4.39 Å². The van der Waals surface area contributed by atoms with Crippen LogP contribution in [0.25, 0.3) is 0 Å². The summed E-state index contributed by atoms with van der Waals surface area (Å²) in [4.78, 5) is 2.31. The Morgan fingerprint density at radius 3 is 2.48 bits per heavy atom. The zero-order valence-corrected chi connectivity index (χ0v) is 14.0. The second kappa shape index (κ2) is 6.64. The van der Waals surface area contributed by atoms with E-state index in [1.807, 2.05) is 6.07 Å². The van der Waals surface area contributed by atoms with Gasteiger partial charge in [-0.2, -0.15) is 0 Å². The molecule has 0 saturated heterocycles. The molecule has 4 heteroatoms. The Morgan fingerprint density at radius 2 is 1.95 bits per heavy atom. The number of hydrogen-bond donors (Lipinski definition) is 1. The van der Waals surface area contributed by atoms with Gasteiger partial charge in [-0.25, -0.2) is 4.39 Å². The smallest absolute Gasteiger partial charge is 0.125 e. The van der Waals surface area contributed by atoms with Gasteiger partial charge in [-0.1, -0.05) is 25.4 Å². The molecule has 1 saturated carbocycles. The number of rotatable bonds is 4. The van der Waals surface area contributed by atoms with Crippen molar-refractivity contribution < 1.29 is 4.39 Å². The van der Waals surface area contributed by atoms with Crippen LogP contribution < -0.4 is 5.73 Å². The summed E-state index contributed by atoms with van der Waals surface area (Å²) in [7, 11) is 2.10. The van der Waals surface area contributed by atoms with Gasteiger partial charge in [0.25, 0.3) is 0 Å². The van der Waals surface area contributed by atoms with E-state index in [2.05, 4.69) is 25.8 Å². The van der Waals surface area contributed by atoms with Crippen molar-refractivity contribution in [3.05, 3.63) is 34.6 Å². The first kappa shape index (κ1) is 16.7. The second-order valence-electron chi connectivity index (χ2n) is 7.02. The number of nitrogens with two attached hydrogens (primary N) is 1. The van der Waals surface area contributed by atoms with Crippen LogP contribution in [0.15, 0.2) is 18.2 Å². The van der Waals surface area contributed by atoms with Gasteiger partial charge in [0.2, 0.25) is 0 Å². The van der Waals surface area contributed by atoms with E-state index in [4.69, 9.17) is 17.3 Å². The van der Waals surface area contributed by atoms with Crippen molar-refractivity contribution in [1.29, 1.82) is 0 Å². The molecule has 0 bridgehead atoms. The average molecular weight is 313 g/mol. The molecule has 2 nitrogen and oxygen atoms in total. The molecule has 0 amide bonds. The SMILES string of the molecule is CN(C1CCC(C)(C)CC1)C(CN)c1cc(F)cc(Cl)c1. The minimum Gasteiger partial charge on any atom is -0.329 e. The molecule has 0 aliphatic heterocycles. The molecule has 1 unspecified atom stereocenters. The maximum Gasteiger partial charge on any atom is 0.125 e. The van der Waals surface area contributed by atoms with Gasteiger partial charge in [0, 0.05) is 23.7 Å². The van der Waals surface area contributed by atoms with Crippen LogP contribution in [-0.4, -0.2) is 24.5 Å². The quantitative estimate of drug-likeness (QED) is 0.894. The molecule has 1 aromatic carbocycles. The highest BCUT2D eigenvalue weighted by Gasteiger charge is 2.31. The lowest BCUT2D eigenvalue weighted by atomic mass is 9.75. The van der Waals surface area contributed by atoms with Crippen LogP contribution in [0, 0.1) is 11.2 Å². The van der Waals surface area contributed by atoms with E-state index in [-0.39, 0.29) is 11.9 Å². The molecular formula is C17H26ClFN2. The maximum atomic E-state index is 13.6. The highest BCUT2D eigenvalue weighted by Crippen LogP contribution is 2.38. The number of likely N-dealkylation sites (N-methyl/N-ethyl adjacent to an activating group) is 1. The average Bonchev–Trinajstić information content (AvgIpc) is 2.38. The number of benzene rings is 1. The fraction of sp³-hybridized carbons (Fsp3) is 0.647. The largest absolute Gasteiger partial charge is 0.329 e. The van der Waals surface area contributed by atoms with Gasteiger partial charge >= 0.3 is 0 Å². The topological polar surface area (TPSA) is 29.3 Å². The van der Waals surface area contributed by atoms with Crippen LogP contribution in [0.2, 0.25) is 5.02 Å². The Balaban J connectivity index is 2.13. The van der Waals surface area contributed by atoms with Gasteiger partial charge in [0.05, 0.1) is 0 Å². The van der Waals surface area contributed by atoms with Crippen molar-refractivity contribution in [3.8, 4) is 0 Å². The third kappa shape index (κ3) is 4.18. The summed E-state index contributed by atoms with van der Waals surface area (Å²) in [5, 5.41) is 0.432. The van der Waals surface area contributed by atoms with Gasteiger partial charge in [-0.3, -0.25) is 4.90 Å². The molecule has 1 fully saturated rings. The Kier molecular flexibility index (Phi) is 5.29. The highest BCUT2D eigenvalue weighted by molar-refractivity contribution is 6.30. The molecule has 2 rings (SSSR count). The molecule has 118 valence electrons. The Hall–Kier alpha value is -0.640. The van der Waals surface area contributed by atoms with Crippen LogP contribution in [0.5, 0.6) is 0 Å². The predicted molar refractivity (Wildman–Crippen MR) is 87.0 cm³/mol. The molecular weight excluding hydrogens is 287 g/mol. The lowest BCUT2D eigenvalue weighted by molar-refractivity contribution is 0.0965. The Bertz CT molecular complexity index is 459. The Labute approximate surface area is 132 Å². The summed E-state index contributed by atoms with van der Waals surface area (Å²) in [6.45, 7) is 5.13. The van der Waals surface area contributed by atoms with E-state index in [0.717, 1.165) is 5.56 Å². The monoisotopic (exact) mass is 312 g/mol. The van der Waals surface area contributed by atoms with Crippen LogP contribution in [0.1, 0.15) is 51.1 Å². The van der Waals surface area contributed by atoms with E-state index in [0.29, 0.717) is 23.0 Å². The first-order valence-corrected chi connectivity index (χ1v) is 8.08. The minimum atomic E-state index is -0.297. The molecule has 1 atom stereocenters. The van der Waals surface area contributed by atoms with Gasteiger partial charge in [0.15, 0.2) is 0 Å².